The largest absolute Gasteiger partial charge is 0.398 e. The number of nitrogens with zero attached hydrogens (tertiary/aromatic N) is 2. The van der Waals surface area contributed by atoms with Crippen LogP contribution in [0.15, 0.2) is 24.3 Å². The molecule has 1 heterocycles. The van der Waals surface area contributed by atoms with Crippen molar-refractivity contribution in [1.82, 2.24) is 9.95 Å². The van der Waals surface area contributed by atoms with E-state index in [0.29, 0.717) is 26.0 Å². The lowest BCUT2D eigenvalue weighted by molar-refractivity contribution is 0.420. The molecule has 0 radical (unpaired) electrons. The molecule has 1 N–H and O–H groups in total. The molecule has 140 valence electrons. The van der Waals surface area contributed by atoms with Crippen molar-refractivity contribution in [2.24, 2.45) is 0 Å². The number of anilines is 1. The van der Waals surface area contributed by atoms with Crippen molar-refractivity contribution in [3.63, 3.8) is 0 Å². The Hall–Kier alpha value is -0.930. The smallest absolute Gasteiger partial charge is 0.329 e. The van der Waals surface area contributed by atoms with Crippen molar-refractivity contribution in [2.75, 3.05) is 11.9 Å². The lowest BCUT2D eigenvalue weighted by atomic mass is 9.59. The third kappa shape index (κ3) is 4.09. The summed E-state index contributed by atoms with van der Waals surface area (Å²) < 4.78 is 2.57. The summed E-state index contributed by atoms with van der Waals surface area (Å²) in [5, 5.41) is 3.43. The minimum atomic E-state index is 0.186. The number of fused-ring (bicyclic) bond motifs is 1. The predicted molar refractivity (Wildman–Crippen MR) is 117 cm³/mol. The molecule has 1 aromatic carbocycles. The van der Waals surface area contributed by atoms with Gasteiger partial charge < -0.3 is 14.8 Å². The van der Waals surface area contributed by atoms with Crippen molar-refractivity contribution >= 4 is 19.7 Å². The fourth-order valence-electron chi connectivity index (χ4n) is 4.60. The summed E-state index contributed by atoms with van der Waals surface area (Å²) in [6.07, 6.45) is 1.16. The van der Waals surface area contributed by atoms with Crippen LogP contribution in [0.4, 0.5) is 5.69 Å². The highest BCUT2D eigenvalue weighted by molar-refractivity contribution is 6.72. The molecule has 0 bridgehead atoms. The Labute approximate surface area is 157 Å². The maximum absolute atomic E-state index is 3.43. The molecule has 0 fully saturated rings. The molecule has 1 unspecified atom stereocenters. The first-order valence-electron chi connectivity index (χ1n) is 10.1. The molecule has 0 aliphatic carbocycles. The molecule has 3 nitrogen and oxygen atoms in total. The molecule has 1 atom stereocenters. The van der Waals surface area contributed by atoms with Gasteiger partial charge in [0, 0.05) is 17.1 Å². The first-order chi connectivity index (χ1) is 11.8. The lowest BCUT2D eigenvalue weighted by Gasteiger charge is -2.44. The van der Waals surface area contributed by atoms with Gasteiger partial charge in [0.1, 0.15) is 0 Å². The van der Waals surface area contributed by atoms with Crippen molar-refractivity contribution in [2.45, 2.75) is 86.0 Å². The van der Waals surface area contributed by atoms with Gasteiger partial charge in [-0.25, -0.2) is 0 Å². The minimum absolute atomic E-state index is 0.186. The van der Waals surface area contributed by atoms with Gasteiger partial charge in [0.25, 0.3) is 6.98 Å². The molecular weight excluding hydrogens is 304 g/mol. The number of para-hydroxylation sites is 1. The van der Waals surface area contributed by atoms with Gasteiger partial charge in [-0.1, -0.05) is 80.3 Å². The summed E-state index contributed by atoms with van der Waals surface area (Å²) in [4.78, 5) is 2.66. The lowest BCUT2D eigenvalue weighted by Crippen LogP contribution is -2.64. The molecule has 0 amide bonds. The number of rotatable bonds is 6. The van der Waals surface area contributed by atoms with E-state index in [1.807, 2.05) is 20.9 Å². The van der Waals surface area contributed by atoms with E-state index in [1.165, 1.54) is 11.3 Å². The summed E-state index contributed by atoms with van der Waals surface area (Å²) in [6.45, 7) is 21.0. The number of benzene rings is 1. The van der Waals surface area contributed by atoms with Crippen molar-refractivity contribution in [1.29, 1.82) is 0 Å². The standard InChI is InChI=1S/C18H33B2N3.C2H6/c1-9-17-18(4,5)15-12-10-11-13-16(15)22(17)20(7)23(14(2)3)19(6)21-8;1-2/h10-14,17,21H,9H2,1-8H3;1-2H3. The van der Waals surface area contributed by atoms with Gasteiger partial charge >= 0.3 is 6.98 Å². The summed E-state index contributed by atoms with van der Waals surface area (Å²) in [7, 11) is 2.05. The molecule has 1 aliphatic rings. The second-order valence-electron chi connectivity index (χ2n) is 7.71. The Morgan fingerprint density at radius 2 is 1.76 bits per heavy atom. The second kappa shape index (κ2) is 9.14. The van der Waals surface area contributed by atoms with E-state index < -0.39 is 0 Å². The Kier molecular flexibility index (Phi) is 8.08. The molecule has 5 heteroatoms. The van der Waals surface area contributed by atoms with E-state index in [2.05, 4.69) is 87.3 Å². The van der Waals surface area contributed by atoms with Crippen LogP contribution < -0.4 is 10.0 Å². The highest BCUT2D eigenvalue weighted by Crippen LogP contribution is 2.46. The zero-order valence-corrected chi connectivity index (χ0v) is 18.2. The Morgan fingerprint density at radius 1 is 1.20 bits per heavy atom. The summed E-state index contributed by atoms with van der Waals surface area (Å²) in [6, 6.07) is 9.98. The molecule has 1 aliphatic heterocycles. The van der Waals surface area contributed by atoms with Crippen LogP contribution in [-0.4, -0.2) is 37.8 Å². The number of nitrogens with one attached hydrogen (secondary N) is 1. The van der Waals surface area contributed by atoms with Crippen LogP contribution in [0.25, 0.3) is 0 Å². The van der Waals surface area contributed by atoms with Crippen molar-refractivity contribution in [3.05, 3.63) is 29.8 Å². The third-order valence-corrected chi connectivity index (χ3v) is 5.73. The van der Waals surface area contributed by atoms with Crippen molar-refractivity contribution in [3.8, 4) is 0 Å². The third-order valence-electron chi connectivity index (χ3n) is 5.73. The van der Waals surface area contributed by atoms with E-state index in [0.717, 1.165) is 6.42 Å². The molecule has 0 saturated heterocycles. The first-order valence-corrected chi connectivity index (χ1v) is 10.1. The molecule has 0 saturated carbocycles. The second-order valence-corrected chi connectivity index (χ2v) is 7.71. The topological polar surface area (TPSA) is 18.5 Å². The summed E-state index contributed by atoms with van der Waals surface area (Å²) in [5.74, 6) is 0. The zero-order chi connectivity index (χ0) is 19.4. The monoisotopic (exact) mass is 343 g/mol. The van der Waals surface area contributed by atoms with Crippen LogP contribution in [0.2, 0.25) is 13.6 Å². The molecule has 2 rings (SSSR count). The fourth-order valence-corrected chi connectivity index (χ4v) is 4.60. The van der Waals surface area contributed by atoms with Gasteiger partial charge in [-0.05, 0) is 31.1 Å². The molecule has 1 aromatic rings. The summed E-state index contributed by atoms with van der Waals surface area (Å²) >= 11 is 0. The van der Waals surface area contributed by atoms with Crippen LogP contribution in [-0.2, 0) is 5.41 Å². The zero-order valence-electron chi connectivity index (χ0n) is 18.2. The van der Waals surface area contributed by atoms with E-state index in [-0.39, 0.29) is 5.41 Å². The van der Waals surface area contributed by atoms with Crippen LogP contribution in [0.3, 0.4) is 0 Å². The predicted octanol–water partition coefficient (Wildman–Crippen LogP) is 4.75. The number of hydrogen-bond acceptors (Lipinski definition) is 3. The number of hydrogen-bond donors (Lipinski definition) is 1. The van der Waals surface area contributed by atoms with E-state index in [4.69, 9.17) is 0 Å². The Bertz CT molecular complexity index is 533. The molecule has 25 heavy (non-hydrogen) atoms. The Balaban J connectivity index is 0.00000151. The van der Waals surface area contributed by atoms with Crippen LogP contribution in [0, 0.1) is 0 Å². The SMILES string of the molecule is CC.CCC1N(B(C)N(B(C)NC)C(C)C)c2ccccc2C1(C)C. The fraction of sp³-hybridized carbons (Fsp3) is 0.700. The molecular formula is C20H39B2N3. The maximum atomic E-state index is 3.43. The normalized spacial score (nSPS) is 18.1. The van der Waals surface area contributed by atoms with Gasteiger partial charge in [0.15, 0.2) is 0 Å². The van der Waals surface area contributed by atoms with Gasteiger partial charge in [-0.15, -0.1) is 0 Å². The van der Waals surface area contributed by atoms with Crippen LogP contribution in [0.5, 0.6) is 0 Å². The van der Waals surface area contributed by atoms with Crippen LogP contribution in [0.1, 0.15) is 60.5 Å². The van der Waals surface area contributed by atoms with E-state index in [9.17, 15) is 0 Å². The summed E-state index contributed by atoms with van der Waals surface area (Å²) in [5.41, 5.74) is 3.08. The van der Waals surface area contributed by atoms with Gasteiger partial charge in [0.05, 0.1) is 0 Å². The Morgan fingerprint density at radius 3 is 2.24 bits per heavy atom. The van der Waals surface area contributed by atoms with Crippen molar-refractivity contribution < 1.29 is 0 Å². The maximum Gasteiger partial charge on any atom is 0.329 e. The molecule has 0 aromatic heterocycles. The average Bonchev–Trinajstić information content (AvgIpc) is 2.83. The minimum Gasteiger partial charge on any atom is -0.398 e. The van der Waals surface area contributed by atoms with Gasteiger partial charge in [0.2, 0.25) is 0 Å². The quantitative estimate of drug-likeness (QED) is 0.752. The highest BCUT2D eigenvalue weighted by Gasteiger charge is 2.47. The van der Waals surface area contributed by atoms with Gasteiger partial charge in [-0.2, -0.15) is 0 Å². The first kappa shape index (κ1) is 22.1. The molecule has 0 spiro atoms. The van der Waals surface area contributed by atoms with Crippen LogP contribution >= 0.6 is 0 Å². The highest BCUT2D eigenvalue weighted by atomic mass is 15.3. The van der Waals surface area contributed by atoms with Gasteiger partial charge in [-0.3, -0.25) is 0 Å². The van der Waals surface area contributed by atoms with E-state index in [1.54, 1.807) is 0 Å². The average molecular weight is 343 g/mol. The van der Waals surface area contributed by atoms with E-state index >= 15 is 0 Å².